The standard InChI is InChI=1S/C11H10N2O2/c1-15-11(14)10-6-9(7-13-8-10)4-2-3-5-12/h2,4,6-8H,3H2,1H3. The van der Waals surface area contributed by atoms with E-state index in [2.05, 4.69) is 9.72 Å². The van der Waals surface area contributed by atoms with E-state index >= 15 is 0 Å². The number of carbonyl (C=O) groups is 1. The summed E-state index contributed by atoms with van der Waals surface area (Å²) in [4.78, 5) is 15.1. The van der Waals surface area contributed by atoms with Crippen LogP contribution in [-0.2, 0) is 4.74 Å². The summed E-state index contributed by atoms with van der Waals surface area (Å²) in [5, 5.41) is 8.33. The molecular weight excluding hydrogens is 192 g/mol. The Morgan fingerprint density at radius 2 is 2.47 bits per heavy atom. The number of methoxy groups -OCH3 is 1. The van der Waals surface area contributed by atoms with E-state index < -0.39 is 5.97 Å². The summed E-state index contributed by atoms with van der Waals surface area (Å²) in [5.41, 5.74) is 1.17. The lowest BCUT2D eigenvalue weighted by molar-refractivity contribution is 0.0600. The maximum absolute atomic E-state index is 11.2. The average molecular weight is 202 g/mol. The van der Waals surface area contributed by atoms with E-state index in [-0.39, 0.29) is 0 Å². The minimum absolute atomic E-state index is 0.336. The topological polar surface area (TPSA) is 63.0 Å². The Labute approximate surface area is 87.8 Å². The number of esters is 1. The van der Waals surface area contributed by atoms with Crippen LogP contribution in [0.5, 0.6) is 0 Å². The number of pyridine rings is 1. The average Bonchev–Trinajstić information content (AvgIpc) is 2.29. The zero-order valence-electron chi connectivity index (χ0n) is 8.30. The predicted octanol–water partition coefficient (Wildman–Crippen LogP) is 1.80. The first-order valence-corrected chi connectivity index (χ1v) is 4.35. The first kappa shape index (κ1) is 10.9. The van der Waals surface area contributed by atoms with Crippen molar-refractivity contribution in [3.63, 3.8) is 0 Å². The van der Waals surface area contributed by atoms with E-state index in [4.69, 9.17) is 5.26 Å². The molecule has 0 amide bonds. The number of rotatable bonds is 3. The molecule has 0 fully saturated rings. The van der Waals surface area contributed by atoms with Crippen LogP contribution in [0.1, 0.15) is 22.3 Å². The summed E-state index contributed by atoms with van der Waals surface area (Å²) in [6, 6.07) is 3.65. The molecule has 1 aromatic rings. The predicted molar refractivity (Wildman–Crippen MR) is 54.8 cm³/mol. The van der Waals surface area contributed by atoms with Crippen molar-refractivity contribution in [2.75, 3.05) is 7.11 Å². The lowest BCUT2D eigenvalue weighted by atomic mass is 10.2. The Morgan fingerprint density at radius 1 is 1.67 bits per heavy atom. The van der Waals surface area contributed by atoms with E-state index in [1.807, 2.05) is 6.07 Å². The van der Waals surface area contributed by atoms with E-state index in [9.17, 15) is 4.79 Å². The third kappa shape index (κ3) is 3.24. The van der Waals surface area contributed by atoms with Crippen molar-refractivity contribution >= 4 is 12.0 Å². The molecule has 76 valence electrons. The SMILES string of the molecule is COC(=O)c1cncc(C=CCC#N)c1. The maximum atomic E-state index is 11.2. The minimum Gasteiger partial charge on any atom is -0.465 e. The summed E-state index contributed by atoms with van der Waals surface area (Å²) >= 11 is 0. The number of hydrogen-bond donors (Lipinski definition) is 0. The van der Waals surface area contributed by atoms with Crippen molar-refractivity contribution < 1.29 is 9.53 Å². The van der Waals surface area contributed by atoms with Gasteiger partial charge >= 0.3 is 5.97 Å². The highest BCUT2D eigenvalue weighted by Gasteiger charge is 2.04. The van der Waals surface area contributed by atoms with Crippen LogP contribution in [0.3, 0.4) is 0 Å². The van der Waals surface area contributed by atoms with Crippen LogP contribution in [0.2, 0.25) is 0 Å². The van der Waals surface area contributed by atoms with Crippen LogP contribution in [-0.4, -0.2) is 18.1 Å². The summed E-state index contributed by atoms with van der Waals surface area (Å²) < 4.78 is 4.56. The molecule has 0 saturated carbocycles. The number of nitriles is 1. The highest BCUT2D eigenvalue weighted by Crippen LogP contribution is 2.06. The molecule has 0 aromatic carbocycles. The molecule has 0 aliphatic heterocycles. The van der Waals surface area contributed by atoms with E-state index in [0.29, 0.717) is 12.0 Å². The normalized spacial score (nSPS) is 9.87. The van der Waals surface area contributed by atoms with Gasteiger partial charge in [-0.15, -0.1) is 0 Å². The lowest BCUT2D eigenvalue weighted by Crippen LogP contribution is -2.01. The van der Waals surface area contributed by atoms with E-state index in [1.165, 1.54) is 13.3 Å². The second-order valence-electron chi connectivity index (χ2n) is 2.76. The van der Waals surface area contributed by atoms with Crippen molar-refractivity contribution in [3.05, 3.63) is 35.7 Å². The van der Waals surface area contributed by atoms with E-state index in [1.54, 1.807) is 24.4 Å². The first-order chi connectivity index (χ1) is 7.27. The van der Waals surface area contributed by atoms with Crippen LogP contribution >= 0.6 is 0 Å². The van der Waals surface area contributed by atoms with Crippen molar-refractivity contribution in [1.29, 1.82) is 5.26 Å². The van der Waals surface area contributed by atoms with Crippen LogP contribution in [0.15, 0.2) is 24.5 Å². The minimum atomic E-state index is -0.418. The van der Waals surface area contributed by atoms with Crippen LogP contribution < -0.4 is 0 Å². The van der Waals surface area contributed by atoms with Gasteiger partial charge in [0.05, 0.1) is 25.2 Å². The van der Waals surface area contributed by atoms with Gasteiger partial charge in [0.1, 0.15) is 0 Å². The molecule has 0 saturated heterocycles. The first-order valence-electron chi connectivity index (χ1n) is 4.35. The molecule has 0 aliphatic rings. The largest absolute Gasteiger partial charge is 0.465 e. The zero-order chi connectivity index (χ0) is 11.1. The smallest absolute Gasteiger partial charge is 0.339 e. The fourth-order valence-electron chi connectivity index (χ4n) is 1.03. The number of aromatic nitrogens is 1. The Hall–Kier alpha value is -2.15. The van der Waals surface area contributed by atoms with Gasteiger partial charge in [0.2, 0.25) is 0 Å². The second kappa shape index (κ2) is 5.55. The Morgan fingerprint density at radius 3 is 3.13 bits per heavy atom. The summed E-state index contributed by atoms with van der Waals surface area (Å²) in [7, 11) is 1.32. The highest BCUT2D eigenvalue weighted by atomic mass is 16.5. The highest BCUT2D eigenvalue weighted by molar-refractivity contribution is 5.89. The molecule has 0 bridgehead atoms. The number of nitrogens with zero attached hydrogens (tertiary/aromatic N) is 2. The van der Waals surface area contributed by atoms with Gasteiger partial charge in [-0.3, -0.25) is 4.98 Å². The van der Waals surface area contributed by atoms with Gasteiger partial charge in [-0.25, -0.2) is 4.79 Å². The molecule has 0 spiro atoms. The number of hydrogen-bond acceptors (Lipinski definition) is 4. The van der Waals surface area contributed by atoms with Gasteiger partial charge in [-0.05, 0) is 11.6 Å². The molecule has 15 heavy (non-hydrogen) atoms. The molecule has 0 aliphatic carbocycles. The van der Waals surface area contributed by atoms with Crippen LogP contribution in [0, 0.1) is 11.3 Å². The van der Waals surface area contributed by atoms with Gasteiger partial charge in [-0.2, -0.15) is 5.26 Å². The van der Waals surface area contributed by atoms with Crippen molar-refractivity contribution in [2.45, 2.75) is 6.42 Å². The van der Waals surface area contributed by atoms with Crippen molar-refractivity contribution in [1.82, 2.24) is 4.98 Å². The van der Waals surface area contributed by atoms with Gasteiger partial charge < -0.3 is 4.74 Å². The summed E-state index contributed by atoms with van der Waals surface area (Å²) in [6.07, 6.45) is 6.83. The Bertz CT molecular complexity index is 419. The third-order valence-corrected chi connectivity index (χ3v) is 1.70. The fraction of sp³-hybridized carbons (Fsp3) is 0.182. The summed E-state index contributed by atoms with van der Waals surface area (Å²) in [6.45, 7) is 0. The van der Waals surface area contributed by atoms with Crippen LogP contribution in [0.4, 0.5) is 0 Å². The maximum Gasteiger partial charge on any atom is 0.339 e. The molecule has 1 heterocycles. The van der Waals surface area contributed by atoms with Crippen LogP contribution in [0.25, 0.3) is 6.08 Å². The number of ether oxygens (including phenoxy) is 1. The van der Waals surface area contributed by atoms with Crippen molar-refractivity contribution in [3.8, 4) is 6.07 Å². The van der Waals surface area contributed by atoms with Gasteiger partial charge in [0.25, 0.3) is 0 Å². The Balaban J connectivity index is 2.84. The molecule has 0 N–H and O–H groups in total. The number of allylic oxidation sites excluding steroid dienone is 1. The molecule has 0 atom stereocenters. The molecular formula is C11H10N2O2. The lowest BCUT2D eigenvalue weighted by Gasteiger charge is -1.98. The monoisotopic (exact) mass is 202 g/mol. The van der Waals surface area contributed by atoms with Gasteiger partial charge in [-0.1, -0.05) is 12.2 Å². The molecule has 0 radical (unpaired) electrons. The number of carbonyl (C=O) groups excluding carboxylic acids is 1. The van der Waals surface area contributed by atoms with Gasteiger partial charge in [0, 0.05) is 12.4 Å². The Kier molecular flexibility index (Phi) is 4.05. The fourth-order valence-corrected chi connectivity index (χ4v) is 1.03. The zero-order valence-corrected chi connectivity index (χ0v) is 8.30. The molecule has 1 aromatic heterocycles. The summed E-state index contributed by atoms with van der Waals surface area (Å²) in [5.74, 6) is -0.418. The molecule has 1 rings (SSSR count). The van der Waals surface area contributed by atoms with E-state index in [0.717, 1.165) is 5.56 Å². The van der Waals surface area contributed by atoms with Gasteiger partial charge in [0.15, 0.2) is 0 Å². The third-order valence-electron chi connectivity index (χ3n) is 1.70. The molecule has 4 heteroatoms. The molecule has 0 unspecified atom stereocenters. The molecule has 4 nitrogen and oxygen atoms in total. The van der Waals surface area contributed by atoms with Crippen molar-refractivity contribution in [2.24, 2.45) is 0 Å². The quantitative estimate of drug-likeness (QED) is 0.701. The second-order valence-corrected chi connectivity index (χ2v) is 2.76.